The molecule has 2 aromatic carbocycles. The first-order chi connectivity index (χ1) is 16.0. The van der Waals surface area contributed by atoms with Crippen LogP contribution in [0.3, 0.4) is 0 Å². The van der Waals surface area contributed by atoms with Crippen molar-refractivity contribution in [2.24, 2.45) is 0 Å². The maximum Gasteiger partial charge on any atom is 0.257 e. The molecule has 0 fully saturated rings. The first-order valence-corrected chi connectivity index (χ1v) is 11.6. The van der Waals surface area contributed by atoms with Gasteiger partial charge in [-0.05, 0) is 35.4 Å². The molecule has 170 valence electrons. The molecule has 0 radical (unpaired) electrons. The number of nitrogens with zero attached hydrogens (tertiary/aromatic N) is 1. The lowest BCUT2D eigenvalue weighted by Gasteiger charge is -2.25. The van der Waals surface area contributed by atoms with Crippen LogP contribution < -0.4 is 20.3 Å². The summed E-state index contributed by atoms with van der Waals surface area (Å²) in [5, 5.41) is 3.84. The van der Waals surface area contributed by atoms with E-state index in [2.05, 4.69) is 21.9 Å². The summed E-state index contributed by atoms with van der Waals surface area (Å²) in [6, 6.07) is 12.8. The SMILES string of the molecule is C=CCOc1ccc(C2CC(=O)Nc3nc(SCc4ccc(Cl)cc4)[nH]c(=O)c32)cc1OC. The third kappa shape index (κ3) is 5.23. The van der Waals surface area contributed by atoms with Crippen molar-refractivity contribution in [3.8, 4) is 11.5 Å². The molecule has 1 unspecified atom stereocenters. The number of fused-ring (bicyclic) bond motifs is 1. The molecule has 1 aliphatic rings. The van der Waals surface area contributed by atoms with Crippen molar-refractivity contribution in [1.82, 2.24) is 9.97 Å². The maximum atomic E-state index is 13.0. The van der Waals surface area contributed by atoms with Crippen LogP contribution in [-0.4, -0.2) is 29.6 Å². The lowest BCUT2D eigenvalue weighted by atomic mass is 9.86. The van der Waals surface area contributed by atoms with Gasteiger partial charge in [0.2, 0.25) is 5.91 Å². The summed E-state index contributed by atoms with van der Waals surface area (Å²) < 4.78 is 11.1. The zero-order chi connectivity index (χ0) is 23.4. The van der Waals surface area contributed by atoms with Crippen LogP contribution >= 0.6 is 23.4 Å². The number of halogens is 1. The van der Waals surface area contributed by atoms with Gasteiger partial charge >= 0.3 is 0 Å². The molecule has 4 rings (SSSR count). The number of benzene rings is 2. The second kappa shape index (κ2) is 10.1. The van der Waals surface area contributed by atoms with E-state index in [1.165, 1.54) is 11.8 Å². The number of carbonyl (C=O) groups excluding carboxylic acids is 1. The number of rotatable bonds is 8. The summed E-state index contributed by atoms with van der Waals surface area (Å²) in [7, 11) is 1.54. The van der Waals surface area contributed by atoms with Gasteiger partial charge in [0.15, 0.2) is 16.7 Å². The molecule has 1 amide bonds. The Labute approximate surface area is 200 Å². The number of amides is 1. The molecule has 0 saturated carbocycles. The number of H-pyrrole nitrogens is 1. The van der Waals surface area contributed by atoms with E-state index in [-0.39, 0.29) is 23.7 Å². The number of aromatic amines is 1. The Morgan fingerprint density at radius 3 is 2.73 bits per heavy atom. The number of hydrogen-bond donors (Lipinski definition) is 2. The predicted molar refractivity (Wildman–Crippen MR) is 130 cm³/mol. The van der Waals surface area contributed by atoms with Crippen molar-refractivity contribution in [3.63, 3.8) is 0 Å². The Hall–Kier alpha value is -3.23. The lowest BCUT2D eigenvalue weighted by Crippen LogP contribution is -2.31. The minimum atomic E-state index is -0.456. The summed E-state index contributed by atoms with van der Waals surface area (Å²) in [5.74, 6) is 1.29. The number of ether oxygens (including phenoxy) is 2. The summed E-state index contributed by atoms with van der Waals surface area (Å²) in [4.78, 5) is 32.9. The quantitative estimate of drug-likeness (QED) is 0.272. The second-order valence-corrected chi connectivity index (χ2v) is 8.76. The van der Waals surface area contributed by atoms with Gasteiger partial charge < -0.3 is 19.8 Å². The smallest absolute Gasteiger partial charge is 0.257 e. The topological polar surface area (TPSA) is 93.3 Å². The largest absolute Gasteiger partial charge is 0.493 e. The van der Waals surface area contributed by atoms with E-state index < -0.39 is 5.92 Å². The Morgan fingerprint density at radius 2 is 2.00 bits per heavy atom. The van der Waals surface area contributed by atoms with E-state index in [0.717, 1.165) is 11.1 Å². The van der Waals surface area contributed by atoms with E-state index in [1.807, 2.05) is 30.3 Å². The van der Waals surface area contributed by atoms with Crippen LogP contribution in [0.2, 0.25) is 5.02 Å². The fourth-order valence-corrected chi connectivity index (χ4v) is 4.55. The Bertz CT molecular complexity index is 1240. The minimum Gasteiger partial charge on any atom is -0.493 e. The molecule has 0 saturated heterocycles. The molecule has 1 aromatic heterocycles. The maximum absolute atomic E-state index is 13.0. The van der Waals surface area contributed by atoms with E-state index >= 15 is 0 Å². The van der Waals surface area contributed by atoms with Crippen molar-refractivity contribution >= 4 is 35.1 Å². The molecule has 2 N–H and O–H groups in total. The van der Waals surface area contributed by atoms with Crippen LogP contribution in [0.5, 0.6) is 11.5 Å². The summed E-state index contributed by atoms with van der Waals surface area (Å²) in [6.45, 7) is 3.98. The molecule has 0 spiro atoms. The van der Waals surface area contributed by atoms with Crippen LogP contribution in [0.1, 0.15) is 29.0 Å². The van der Waals surface area contributed by atoms with Gasteiger partial charge in [-0.2, -0.15) is 0 Å². The van der Waals surface area contributed by atoms with E-state index in [1.54, 1.807) is 25.3 Å². The Balaban J connectivity index is 1.63. The highest BCUT2D eigenvalue weighted by Gasteiger charge is 2.31. The van der Waals surface area contributed by atoms with Gasteiger partial charge in [-0.1, -0.05) is 54.2 Å². The first kappa shape index (κ1) is 22.9. The molecule has 2 heterocycles. The number of hydrogen-bond acceptors (Lipinski definition) is 6. The summed E-state index contributed by atoms with van der Waals surface area (Å²) in [6.07, 6.45) is 1.77. The van der Waals surface area contributed by atoms with Crippen molar-refractivity contribution in [3.05, 3.63) is 87.2 Å². The Kier molecular flexibility index (Phi) is 7.05. The molecule has 1 aliphatic heterocycles. The van der Waals surface area contributed by atoms with E-state index in [9.17, 15) is 9.59 Å². The second-order valence-electron chi connectivity index (χ2n) is 7.36. The molecule has 7 nitrogen and oxygen atoms in total. The molecule has 33 heavy (non-hydrogen) atoms. The summed E-state index contributed by atoms with van der Waals surface area (Å²) in [5.41, 5.74) is 1.95. The minimum absolute atomic E-state index is 0.130. The monoisotopic (exact) mass is 483 g/mol. The molecular formula is C24H22ClN3O4S. The fourth-order valence-electron chi connectivity index (χ4n) is 3.60. The number of nitrogens with one attached hydrogen (secondary N) is 2. The first-order valence-electron chi connectivity index (χ1n) is 10.2. The third-order valence-electron chi connectivity index (χ3n) is 5.16. The number of anilines is 1. The molecule has 9 heteroatoms. The molecule has 3 aromatic rings. The molecular weight excluding hydrogens is 462 g/mol. The van der Waals surface area contributed by atoms with Gasteiger partial charge in [-0.15, -0.1) is 0 Å². The highest BCUT2D eigenvalue weighted by atomic mass is 35.5. The normalized spacial score (nSPS) is 14.8. The van der Waals surface area contributed by atoms with Gasteiger partial charge in [0.1, 0.15) is 12.4 Å². The zero-order valence-corrected chi connectivity index (χ0v) is 19.5. The Morgan fingerprint density at radius 1 is 1.21 bits per heavy atom. The van der Waals surface area contributed by atoms with Crippen molar-refractivity contribution in [1.29, 1.82) is 0 Å². The van der Waals surface area contributed by atoms with Gasteiger partial charge in [-0.3, -0.25) is 9.59 Å². The standard InChI is InChI=1S/C24H22ClN3O4S/c1-3-10-32-18-9-6-15(11-19(18)31-2)17-12-20(29)26-22-21(17)23(30)28-24(27-22)33-13-14-4-7-16(25)8-5-14/h3-9,11,17H,1,10,12-13H2,2H3,(H2,26,27,28,29,30). The van der Waals surface area contributed by atoms with Crippen LogP contribution in [0.4, 0.5) is 5.82 Å². The van der Waals surface area contributed by atoms with Crippen LogP contribution in [0, 0.1) is 0 Å². The van der Waals surface area contributed by atoms with Crippen molar-refractivity contribution in [2.45, 2.75) is 23.2 Å². The predicted octanol–water partition coefficient (Wildman–Crippen LogP) is 4.76. The van der Waals surface area contributed by atoms with E-state index in [4.69, 9.17) is 21.1 Å². The van der Waals surface area contributed by atoms with Crippen LogP contribution in [-0.2, 0) is 10.5 Å². The average molecular weight is 484 g/mol. The third-order valence-corrected chi connectivity index (χ3v) is 6.36. The number of methoxy groups -OCH3 is 1. The highest BCUT2D eigenvalue weighted by Crippen LogP contribution is 2.38. The van der Waals surface area contributed by atoms with Crippen LogP contribution in [0.15, 0.2) is 65.1 Å². The molecule has 0 bridgehead atoms. The van der Waals surface area contributed by atoms with Crippen molar-refractivity contribution in [2.75, 3.05) is 19.0 Å². The average Bonchev–Trinajstić information content (AvgIpc) is 2.81. The van der Waals surface area contributed by atoms with Gasteiger partial charge in [0.25, 0.3) is 5.56 Å². The number of carbonyl (C=O) groups is 1. The van der Waals surface area contributed by atoms with Crippen LogP contribution in [0.25, 0.3) is 0 Å². The molecule has 0 aliphatic carbocycles. The number of aromatic nitrogens is 2. The van der Waals surface area contributed by atoms with Gasteiger partial charge in [0, 0.05) is 23.1 Å². The van der Waals surface area contributed by atoms with Gasteiger partial charge in [0.05, 0.1) is 12.7 Å². The summed E-state index contributed by atoms with van der Waals surface area (Å²) >= 11 is 7.31. The number of thioether (sulfide) groups is 1. The van der Waals surface area contributed by atoms with E-state index in [0.29, 0.717) is 39.6 Å². The highest BCUT2D eigenvalue weighted by molar-refractivity contribution is 7.98. The van der Waals surface area contributed by atoms with Gasteiger partial charge in [-0.25, -0.2) is 4.98 Å². The zero-order valence-electron chi connectivity index (χ0n) is 17.9. The molecule has 1 atom stereocenters. The fraction of sp³-hybridized carbons (Fsp3) is 0.208. The van der Waals surface area contributed by atoms with Crippen molar-refractivity contribution < 1.29 is 14.3 Å². The lowest BCUT2D eigenvalue weighted by molar-refractivity contribution is -0.116.